The van der Waals surface area contributed by atoms with Crippen LogP contribution in [0.25, 0.3) is 11.3 Å². The number of hydrogen-bond donors (Lipinski definition) is 2. The molecule has 2 aromatic rings. The van der Waals surface area contributed by atoms with E-state index in [4.69, 9.17) is 22.7 Å². The molecule has 1 aromatic heterocycles. The zero-order chi connectivity index (χ0) is 11.5. The maximum absolute atomic E-state index is 5.65. The van der Waals surface area contributed by atoms with Crippen molar-refractivity contribution in [3.05, 3.63) is 35.1 Å². The van der Waals surface area contributed by atoms with Gasteiger partial charge < -0.3 is 15.5 Å². The van der Waals surface area contributed by atoms with Crippen LogP contribution in [0, 0.1) is 4.77 Å². The van der Waals surface area contributed by atoms with Crippen molar-refractivity contribution in [3.8, 4) is 17.0 Å². The standard InChI is InChI=1S/C11H11N3OS/c1-15-9-5-3-2-4-7(9)8-6-10(12)14-11(16)13-8/h2-6H,1H3,(H3,12,13,14,16). The second-order valence-corrected chi connectivity index (χ2v) is 3.61. The lowest BCUT2D eigenvalue weighted by atomic mass is 10.1. The van der Waals surface area contributed by atoms with Gasteiger partial charge in [0.2, 0.25) is 0 Å². The third-order valence-corrected chi connectivity index (χ3v) is 2.35. The quantitative estimate of drug-likeness (QED) is 0.782. The number of nitrogen functional groups attached to an aromatic ring is 1. The van der Waals surface area contributed by atoms with E-state index in [2.05, 4.69) is 9.97 Å². The molecule has 0 spiro atoms. The zero-order valence-corrected chi connectivity index (χ0v) is 9.54. The second kappa shape index (κ2) is 4.32. The van der Waals surface area contributed by atoms with Crippen molar-refractivity contribution in [2.24, 2.45) is 0 Å². The summed E-state index contributed by atoms with van der Waals surface area (Å²) in [6.45, 7) is 0. The predicted molar refractivity (Wildman–Crippen MR) is 65.8 cm³/mol. The number of rotatable bonds is 2. The molecule has 16 heavy (non-hydrogen) atoms. The van der Waals surface area contributed by atoms with Gasteiger partial charge in [-0.15, -0.1) is 0 Å². The second-order valence-electron chi connectivity index (χ2n) is 3.23. The molecule has 1 aromatic carbocycles. The molecule has 0 atom stereocenters. The molecule has 3 N–H and O–H groups in total. The Hall–Kier alpha value is -1.88. The maximum Gasteiger partial charge on any atom is 0.199 e. The molecule has 0 aliphatic heterocycles. The average molecular weight is 233 g/mol. The highest BCUT2D eigenvalue weighted by atomic mass is 32.1. The molecule has 5 heteroatoms. The summed E-state index contributed by atoms with van der Waals surface area (Å²) < 4.78 is 5.63. The van der Waals surface area contributed by atoms with E-state index in [0.29, 0.717) is 10.6 Å². The zero-order valence-electron chi connectivity index (χ0n) is 8.73. The summed E-state index contributed by atoms with van der Waals surface area (Å²) in [4.78, 5) is 6.89. The number of ether oxygens (including phenoxy) is 1. The molecule has 0 unspecified atom stereocenters. The van der Waals surface area contributed by atoms with Crippen molar-refractivity contribution in [3.63, 3.8) is 0 Å². The molecule has 0 amide bonds. The van der Waals surface area contributed by atoms with E-state index in [0.717, 1.165) is 17.0 Å². The molecule has 0 saturated heterocycles. The minimum absolute atomic E-state index is 0.362. The van der Waals surface area contributed by atoms with Gasteiger partial charge in [0.25, 0.3) is 0 Å². The van der Waals surface area contributed by atoms with Gasteiger partial charge in [-0.1, -0.05) is 12.1 Å². The average Bonchev–Trinajstić information content (AvgIpc) is 2.27. The molecular formula is C11H11N3OS. The number of nitrogens with one attached hydrogen (secondary N) is 1. The maximum atomic E-state index is 5.65. The summed E-state index contributed by atoms with van der Waals surface area (Å²) in [6, 6.07) is 9.36. The van der Waals surface area contributed by atoms with Crippen molar-refractivity contribution < 1.29 is 4.74 Å². The summed E-state index contributed by atoms with van der Waals surface area (Å²) in [5, 5.41) is 0. The summed E-state index contributed by atoms with van der Waals surface area (Å²) in [7, 11) is 1.62. The van der Waals surface area contributed by atoms with E-state index in [1.54, 1.807) is 13.2 Å². The van der Waals surface area contributed by atoms with Crippen molar-refractivity contribution in [2.45, 2.75) is 0 Å². The first-order valence-electron chi connectivity index (χ1n) is 4.71. The summed E-state index contributed by atoms with van der Waals surface area (Å²) in [6.07, 6.45) is 0. The normalized spacial score (nSPS) is 10.1. The highest BCUT2D eigenvalue weighted by Gasteiger charge is 2.05. The monoisotopic (exact) mass is 233 g/mol. The van der Waals surface area contributed by atoms with Crippen LogP contribution in [0.1, 0.15) is 0 Å². The Labute approximate surface area is 98.1 Å². The van der Waals surface area contributed by atoms with Crippen LogP contribution in [0.5, 0.6) is 5.75 Å². The Balaban J connectivity index is 2.62. The number of aromatic amines is 1. The first-order valence-corrected chi connectivity index (χ1v) is 5.12. The van der Waals surface area contributed by atoms with Crippen LogP contribution in [0.4, 0.5) is 5.82 Å². The fourth-order valence-electron chi connectivity index (χ4n) is 1.49. The van der Waals surface area contributed by atoms with Crippen molar-refractivity contribution >= 4 is 18.0 Å². The first kappa shape index (κ1) is 10.6. The van der Waals surface area contributed by atoms with Crippen LogP contribution in [-0.4, -0.2) is 17.1 Å². The molecule has 0 radical (unpaired) electrons. The van der Waals surface area contributed by atoms with Gasteiger partial charge >= 0.3 is 0 Å². The molecule has 1 heterocycles. The number of anilines is 1. The van der Waals surface area contributed by atoms with Crippen LogP contribution in [0.2, 0.25) is 0 Å². The van der Waals surface area contributed by atoms with E-state index < -0.39 is 0 Å². The third kappa shape index (κ3) is 2.04. The van der Waals surface area contributed by atoms with E-state index in [9.17, 15) is 0 Å². The number of hydrogen-bond acceptors (Lipinski definition) is 4. The topological polar surface area (TPSA) is 63.9 Å². The van der Waals surface area contributed by atoms with Crippen LogP contribution >= 0.6 is 12.2 Å². The summed E-state index contributed by atoms with van der Waals surface area (Å²) in [5.74, 6) is 1.16. The van der Waals surface area contributed by atoms with Gasteiger partial charge in [-0.2, -0.15) is 0 Å². The SMILES string of the molecule is COc1ccccc1-c1cc(N)nc(=S)[nH]1. The summed E-state index contributed by atoms with van der Waals surface area (Å²) >= 11 is 4.98. The van der Waals surface area contributed by atoms with Gasteiger partial charge in [-0.25, -0.2) is 4.98 Å². The molecule has 0 aliphatic rings. The molecule has 4 nitrogen and oxygen atoms in total. The number of H-pyrrole nitrogens is 1. The lowest BCUT2D eigenvalue weighted by molar-refractivity contribution is 0.416. The van der Waals surface area contributed by atoms with Crippen LogP contribution < -0.4 is 10.5 Å². The first-order chi connectivity index (χ1) is 7.70. The van der Waals surface area contributed by atoms with Gasteiger partial charge in [-0.05, 0) is 24.4 Å². The van der Waals surface area contributed by atoms with E-state index >= 15 is 0 Å². The Morgan fingerprint density at radius 2 is 2.12 bits per heavy atom. The van der Waals surface area contributed by atoms with Crippen molar-refractivity contribution in [1.82, 2.24) is 9.97 Å². The lowest BCUT2D eigenvalue weighted by Gasteiger charge is -2.08. The fourth-order valence-corrected chi connectivity index (χ4v) is 1.70. The Morgan fingerprint density at radius 3 is 2.81 bits per heavy atom. The Bertz CT molecular complexity index is 565. The lowest BCUT2D eigenvalue weighted by Crippen LogP contribution is -1.96. The van der Waals surface area contributed by atoms with Crippen LogP contribution in [0.15, 0.2) is 30.3 Å². The van der Waals surface area contributed by atoms with E-state index in [-0.39, 0.29) is 0 Å². The van der Waals surface area contributed by atoms with E-state index in [1.165, 1.54) is 0 Å². The van der Waals surface area contributed by atoms with Gasteiger partial charge in [0.1, 0.15) is 11.6 Å². The number of nitrogens with two attached hydrogens (primary N) is 1. The smallest absolute Gasteiger partial charge is 0.199 e. The highest BCUT2D eigenvalue weighted by Crippen LogP contribution is 2.28. The van der Waals surface area contributed by atoms with Gasteiger partial charge in [0, 0.05) is 11.6 Å². The van der Waals surface area contributed by atoms with Gasteiger partial charge in [0.15, 0.2) is 4.77 Å². The number of methoxy groups -OCH3 is 1. The molecule has 2 rings (SSSR count). The van der Waals surface area contributed by atoms with Crippen LogP contribution in [0.3, 0.4) is 0 Å². The molecule has 0 saturated carbocycles. The van der Waals surface area contributed by atoms with Crippen molar-refractivity contribution in [2.75, 3.05) is 12.8 Å². The predicted octanol–water partition coefficient (Wildman–Crippen LogP) is 2.40. The fraction of sp³-hybridized carbons (Fsp3) is 0.0909. The number of nitrogens with zero attached hydrogens (tertiary/aromatic N) is 1. The number of benzene rings is 1. The van der Waals surface area contributed by atoms with Crippen LogP contribution in [-0.2, 0) is 0 Å². The molecule has 82 valence electrons. The Kier molecular flexibility index (Phi) is 2.87. The van der Waals surface area contributed by atoms with Gasteiger partial charge in [-0.3, -0.25) is 0 Å². The van der Waals surface area contributed by atoms with Crippen molar-refractivity contribution in [1.29, 1.82) is 0 Å². The third-order valence-electron chi connectivity index (χ3n) is 2.16. The largest absolute Gasteiger partial charge is 0.496 e. The van der Waals surface area contributed by atoms with E-state index in [1.807, 2.05) is 24.3 Å². The Morgan fingerprint density at radius 1 is 1.38 bits per heavy atom. The molecule has 0 bridgehead atoms. The number of para-hydroxylation sites is 1. The van der Waals surface area contributed by atoms with Gasteiger partial charge in [0.05, 0.1) is 12.8 Å². The molecular weight excluding hydrogens is 222 g/mol. The molecule has 0 fully saturated rings. The highest BCUT2D eigenvalue weighted by molar-refractivity contribution is 7.71. The number of aromatic nitrogens is 2. The summed E-state index contributed by atoms with van der Waals surface area (Å²) in [5.41, 5.74) is 7.36. The minimum Gasteiger partial charge on any atom is -0.496 e. The minimum atomic E-state index is 0.362. The molecule has 0 aliphatic carbocycles.